The van der Waals surface area contributed by atoms with Gasteiger partial charge in [-0.3, -0.25) is 0 Å². The highest BCUT2D eigenvalue weighted by Gasteiger charge is 2.32. The molecule has 0 bridgehead atoms. The van der Waals surface area contributed by atoms with Crippen LogP contribution < -0.4 is 5.32 Å². The number of benzene rings is 1. The molecule has 0 saturated heterocycles. The Morgan fingerprint density at radius 1 is 1.19 bits per heavy atom. The second-order valence-corrected chi connectivity index (χ2v) is 6.68. The summed E-state index contributed by atoms with van der Waals surface area (Å²) in [4.78, 5) is 3.98. The standard InChI is InChI=1S/C18H18F3N5O/c1-10-22-14(9-15(27)23-10)17-25-24-16-13(3-2-8-26(16)17)11-4-6-12(7-5-11)18(19,20)21/h4-7,9,13,15,27H,2-3,8H2,1H3,(H,22,23)/t13-,15?/m1/s1. The lowest BCUT2D eigenvalue weighted by Gasteiger charge is -2.25. The summed E-state index contributed by atoms with van der Waals surface area (Å²) in [6.07, 6.45) is -2.08. The van der Waals surface area contributed by atoms with Crippen LogP contribution in [0.2, 0.25) is 0 Å². The lowest BCUT2D eigenvalue weighted by Crippen LogP contribution is -2.28. The summed E-state index contributed by atoms with van der Waals surface area (Å²) in [5.74, 6) is 1.77. The molecule has 142 valence electrons. The molecule has 2 N–H and O–H groups in total. The third-order valence-corrected chi connectivity index (χ3v) is 4.80. The Labute approximate surface area is 153 Å². The normalized spacial score (nSPS) is 22.6. The molecule has 3 heterocycles. The van der Waals surface area contributed by atoms with Gasteiger partial charge in [0, 0.05) is 12.5 Å². The summed E-state index contributed by atoms with van der Waals surface area (Å²) in [5, 5.41) is 21.5. The van der Waals surface area contributed by atoms with E-state index in [1.54, 1.807) is 13.0 Å². The van der Waals surface area contributed by atoms with E-state index in [0.717, 1.165) is 30.5 Å². The third-order valence-electron chi connectivity index (χ3n) is 4.80. The van der Waals surface area contributed by atoms with Crippen molar-refractivity contribution < 1.29 is 18.3 Å². The number of nitrogens with zero attached hydrogens (tertiary/aromatic N) is 4. The smallest absolute Gasteiger partial charge is 0.368 e. The van der Waals surface area contributed by atoms with Crippen molar-refractivity contribution in [2.24, 2.45) is 4.99 Å². The molecular weight excluding hydrogens is 359 g/mol. The molecule has 1 unspecified atom stereocenters. The molecule has 1 aromatic heterocycles. The van der Waals surface area contributed by atoms with Crippen LogP contribution in [-0.2, 0) is 12.7 Å². The molecule has 4 rings (SSSR count). The Kier molecular flexibility index (Phi) is 4.26. The fraction of sp³-hybridized carbons (Fsp3) is 0.389. The van der Waals surface area contributed by atoms with E-state index in [9.17, 15) is 18.3 Å². The van der Waals surface area contributed by atoms with Gasteiger partial charge in [0.1, 0.15) is 11.7 Å². The number of aliphatic hydroxyl groups excluding tert-OH is 1. The van der Waals surface area contributed by atoms with Gasteiger partial charge in [0.05, 0.1) is 11.3 Å². The number of hydrogen-bond acceptors (Lipinski definition) is 5. The van der Waals surface area contributed by atoms with Crippen LogP contribution in [-0.4, -0.2) is 31.9 Å². The fourth-order valence-corrected chi connectivity index (χ4v) is 3.58. The second kappa shape index (κ2) is 6.49. The molecule has 0 spiro atoms. The van der Waals surface area contributed by atoms with E-state index in [4.69, 9.17) is 0 Å². The third kappa shape index (κ3) is 3.34. The van der Waals surface area contributed by atoms with Gasteiger partial charge in [-0.1, -0.05) is 12.1 Å². The second-order valence-electron chi connectivity index (χ2n) is 6.68. The average molecular weight is 377 g/mol. The molecule has 0 radical (unpaired) electrons. The topological polar surface area (TPSA) is 75.3 Å². The van der Waals surface area contributed by atoms with Gasteiger partial charge in [0.2, 0.25) is 0 Å². The molecule has 2 aliphatic heterocycles. The first-order valence-electron chi connectivity index (χ1n) is 8.65. The number of aromatic nitrogens is 3. The van der Waals surface area contributed by atoms with Gasteiger partial charge in [-0.05, 0) is 43.5 Å². The van der Waals surface area contributed by atoms with Gasteiger partial charge >= 0.3 is 6.18 Å². The summed E-state index contributed by atoms with van der Waals surface area (Å²) in [7, 11) is 0. The summed E-state index contributed by atoms with van der Waals surface area (Å²) >= 11 is 0. The minimum absolute atomic E-state index is 0.119. The van der Waals surface area contributed by atoms with Crippen molar-refractivity contribution in [2.75, 3.05) is 0 Å². The van der Waals surface area contributed by atoms with Crippen molar-refractivity contribution in [3.8, 4) is 0 Å². The zero-order chi connectivity index (χ0) is 19.2. The maximum Gasteiger partial charge on any atom is 0.416 e. The highest BCUT2D eigenvalue weighted by molar-refractivity contribution is 5.90. The molecule has 27 heavy (non-hydrogen) atoms. The Hall–Kier alpha value is -2.68. The highest BCUT2D eigenvalue weighted by Crippen LogP contribution is 2.36. The molecular formula is C18H18F3N5O. The Morgan fingerprint density at radius 2 is 1.93 bits per heavy atom. The molecule has 6 nitrogen and oxygen atoms in total. The number of aliphatic imine (C=N–C) groups is 1. The number of amidine groups is 1. The number of alkyl halides is 3. The first kappa shape index (κ1) is 17.7. The van der Waals surface area contributed by atoms with Crippen molar-refractivity contribution >= 4 is 11.5 Å². The van der Waals surface area contributed by atoms with Crippen molar-refractivity contribution in [1.29, 1.82) is 0 Å². The number of nitrogens with one attached hydrogen (secondary N) is 1. The fourth-order valence-electron chi connectivity index (χ4n) is 3.58. The minimum Gasteiger partial charge on any atom is -0.368 e. The Bertz CT molecular complexity index is 914. The number of halogens is 3. The van der Waals surface area contributed by atoms with Gasteiger partial charge in [0.15, 0.2) is 12.1 Å². The Morgan fingerprint density at radius 3 is 2.59 bits per heavy atom. The van der Waals surface area contributed by atoms with Crippen molar-refractivity contribution in [3.05, 3.63) is 53.1 Å². The quantitative estimate of drug-likeness (QED) is 0.844. The largest absolute Gasteiger partial charge is 0.416 e. The maximum absolute atomic E-state index is 12.8. The lowest BCUT2D eigenvalue weighted by atomic mass is 9.90. The molecule has 2 atom stereocenters. The van der Waals surface area contributed by atoms with Gasteiger partial charge in [0.25, 0.3) is 0 Å². The predicted octanol–water partition coefficient (Wildman–Crippen LogP) is 2.90. The van der Waals surface area contributed by atoms with E-state index in [2.05, 4.69) is 20.5 Å². The summed E-state index contributed by atoms with van der Waals surface area (Å²) in [5.41, 5.74) is 0.748. The van der Waals surface area contributed by atoms with Crippen molar-refractivity contribution in [2.45, 2.75) is 44.6 Å². The van der Waals surface area contributed by atoms with Crippen LogP contribution in [0.5, 0.6) is 0 Å². The lowest BCUT2D eigenvalue weighted by molar-refractivity contribution is -0.137. The van der Waals surface area contributed by atoms with Crippen LogP contribution >= 0.6 is 0 Å². The van der Waals surface area contributed by atoms with Gasteiger partial charge in [-0.15, -0.1) is 10.2 Å². The van der Waals surface area contributed by atoms with Crippen molar-refractivity contribution in [3.63, 3.8) is 0 Å². The van der Waals surface area contributed by atoms with E-state index in [1.165, 1.54) is 12.1 Å². The molecule has 2 aromatic rings. The van der Waals surface area contributed by atoms with Crippen LogP contribution in [0.25, 0.3) is 5.70 Å². The first-order valence-corrected chi connectivity index (χ1v) is 8.65. The molecule has 1 aromatic carbocycles. The molecule has 0 saturated carbocycles. The summed E-state index contributed by atoms with van der Waals surface area (Å²) < 4.78 is 40.4. The minimum atomic E-state index is -4.35. The van der Waals surface area contributed by atoms with Gasteiger partial charge in [-0.25, -0.2) is 4.99 Å². The van der Waals surface area contributed by atoms with E-state index in [-0.39, 0.29) is 5.92 Å². The van der Waals surface area contributed by atoms with E-state index < -0.39 is 18.0 Å². The molecule has 2 aliphatic rings. The van der Waals surface area contributed by atoms with E-state index >= 15 is 0 Å². The monoisotopic (exact) mass is 377 g/mol. The predicted molar refractivity (Wildman–Crippen MR) is 92.8 cm³/mol. The zero-order valence-corrected chi connectivity index (χ0v) is 14.5. The maximum atomic E-state index is 12.8. The van der Waals surface area contributed by atoms with Crippen molar-refractivity contribution in [1.82, 2.24) is 20.1 Å². The number of hydrogen-bond donors (Lipinski definition) is 2. The zero-order valence-electron chi connectivity index (χ0n) is 14.5. The number of aliphatic hydroxyl groups is 1. The Balaban J connectivity index is 1.66. The van der Waals surface area contributed by atoms with Crippen LogP contribution in [0.1, 0.15) is 48.5 Å². The van der Waals surface area contributed by atoms with E-state index in [1.807, 2.05) is 4.57 Å². The SMILES string of the molecule is CC1=NC(O)C=C(c2nnc3n2CCC[C@@H]3c2ccc(C(F)(F)F)cc2)N1. The van der Waals surface area contributed by atoms with E-state index in [0.29, 0.717) is 29.7 Å². The van der Waals surface area contributed by atoms with Crippen LogP contribution in [0.3, 0.4) is 0 Å². The first-order chi connectivity index (χ1) is 12.8. The van der Waals surface area contributed by atoms with Crippen LogP contribution in [0.15, 0.2) is 35.3 Å². The van der Waals surface area contributed by atoms with Gasteiger partial charge in [-0.2, -0.15) is 13.2 Å². The van der Waals surface area contributed by atoms with Crippen LogP contribution in [0, 0.1) is 0 Å². The highest BCUT2D eigenvalue weighted by atomic mass is 19.4. The van der Waals surface area contributed by atoms with Crippen LogP contribution in [0.4, 0.5) is 13.2 Å². The summed E-state index contributed by atoms with van der Waals surface area (Å²) in [6.45, 7) is 2.45. The number of fused-ring (bicyclic) bond motifs is 1. The van der Waals surface area contributed by atoms with Gasteiger partial charge < -0.3 is 15.0 Å². The molecule has 0 aliphatic carbocycles. The summed E-state index contributed by atoms with van der Waals surface area (Å²) in [6, 6.07) is 5.23. The average Bonchev–Trinajstić information content (AvgIpc) is 3.04. The molecule has 0 fully saturated rings. The molecule has 0 amide bonds. The molecule has 9 heteroatoms. The number of rotatable bonds is 2.